The molecule has 0 heterocycles. The summed E-state index contributed by atoms with van der Waals surface area (Å²) >= 11 is 0. The molecule has 0 aliphatic carbocycles. The molecule has 10 heteroatoms. The Hall–Kier alpha value is -2.39. The SMILES string of the molecule is O=C(N=C(C(F)(F)F)C(F)(F)[N+](=O)[O-])c1ccccc1. The minimum absolute atomic E-state index is 0.409. The van der Waals surface area contributed by atoms with Gasteiger partial charge in [-0.05, 0) is 12.1 Å². The fourth-order valence-corrected chi connectivity index (χ4v) is 1.13. The summed E-state index contributed by atoms with van der Waals surface area (Å²) in [6.07, 6.45) is -5.82. The molecule has 1 aromatic rings. The Kier molecular flexibility index (Phi) is 4.16. The number of nitro groups is 1. The van der Waals surface area contributed by atoms with Crippen LogP contribution in [0.1, 0.15) is 10.4 Å². The lowest BCUT2D eigenvalue weighted by Crippen LogP contribution is -2.46. The average Bonchev–Trinajstić information content (AvgIpc) is 2.34. The second kappa shape index (κ2) is 5.31. The van der Waals surface area contributed by atoms with Gasteiger partial charge in [-0.3, -0.25) is 14.9 Å². The first-order chi connectivity index (χ1) is 9.06. The third-order valence-electron chi connectivity index (χ3n) is 2.02. The molecule has 0 saturated carbocycles. The van der Waals surface area contributed by atoms with Crippen LogP contribution in [0.5, 0.6) is 0 Å². The highest BCUT2D eigenvalue weighted by atomic mass is 19.4. The monoisotopic (exact) mass is 296 g/mol. The van der Waals surface area contributed by atoms with Gasteiger partial charge in [0.15, 0.2) is 0 Å². The summed E-state index contributed by atoms with van der Waals surface area (Å²) in [5, 5.41) is 9.99. The molecule has 20 heavy (non-hydrogen) atoms. The maximum absolute atomic E-state index is 12.9. The molecule has 0 N–H and O–H groups in total. The van der Waals surface area contributed by atoms with Crippen molar-refractivity contribution in [3.05, 3.63) is 46.0 Å². The van der Waals surface area contributed by atoms with Gasteiger partial charge in [0.25, 0.3) is 11.6 Å². The van der Waals surface area contributed by atoms with Crippen molar-refractivity contribution >= 4 is 11.6 Å². The number of amides is 1. The first-order valence-electron chi connectivity index (χ1n) is 4.85. The van der Waals surface area contributed by atoms with Crippen LogP contribution in [-0.4, -0.2) is 28.8 Å². The molecular formula is C10H5F5N2O3. The van der Waals surface area contributed by atoms with Gasteiger partial charge in [0.05, 0.1) is 0 Å². The van der Waals surface area contributed by atoms with Crippen molar-refractivity contribution in [2.75, 3.05) is 0 Å². The highest BCUT2D eigenvalue weighted by Gasteiger charge is 2.63. The summed E-state index contributed by atoms with van der Waals surface area (Å²) in [5.74, 6) is -1.65. The summed E-state index contributed by atoms with van der Waals surface area (Å²) < 4.78 is 62.9. The molecule has 1 amide bonds. The van der Waals surface area contributed by atoms with Crippen LogP contribution in [0, 0.1) is 10.1 Å². The highest BCUT2D eigenvalue weighted by molar-refractivity contribution is 6.07. The zero-order valence-electron chi connectivity index (χ0n) is 9.40. The minimum atomic E-state index is -5.82. The van der Waals surface area contributed by atoms with E-state index in [2.05, 4.69) is 4.99 Å². The summed E-state index contributed by atoms with van der Waals surface area (Å²) in [5.41, 5.74) is -3.47. The van der Waals surface area contributed by atoms with Gasteiger partial charge in [-0.15, -0.1) is 8.78 Å². The Labute approximate surface area is 107 Å². The van der Waals surface area contributed by atoms with E-state index in [9.17, 15) is 36.9 Å². The number of aliphatic imine (C=N–C) groups is 1. The van der Waals surface area contributed by atoms with Crippen molar-refractivity contribution in [2.24, 2.45) is 4.99 Å². The lowest BCUT2D eigenvalue weighted by Gasteiger charge is -2.12. The third-order valence-corrected chi connectivity index (χ3v) is 2.02. The molecule has 1 aromatic carbocycles. The third kappa shape index (κ3) is 3.33. The molecule has 0 aliphatic heterocycles. The quantitative estimate of drug-likeness (QED) is 0.283. The maximum atomic E-state index is 12.9. The topological polar surface area (TPSA) is 72.6 Å². The molecule has 0 unspecified atom stereocenters. The van der Waals surface area contributed by atoms with E-state index in [1.165, 1.54) is 18.2 Å². The molecule has 108 valence electrons. The molecule has 0 aliphatic rings. The summed E-state index contributed by atoms with van der Waals surface area (Å²) in [6, 6.07) is 0.511. The predicted octanol–water partition coefficient (Wildman–Crippen LogP) is 2.70. The zero-order valence-corrected chi connectivity index (χ0v) is 9.40. The van der Waals surface area contributed by atoms with Gasteiger partial charge in [-0.1, -0.05) is 18.2 Å². The fraction of sp³-hybridized carbons (Fsp3) is 0.200. The number of hydrogen-bond donors (Lipinski definition) is 0. The molecule has 1 rings (SSSR count). The number of alkyl halides is 5. The van der Waals surface area contributed by atoms with Crippen LogP contribution in [0.2, 0.25) is 0 Å². The normalized spacial score (nSPS) is 13.2. The Bertz CT molecular complexity index is 554. The number of carbonyl (C=O) groups excluding carboxylic acids is 1. The van der Waals surface area contributed by atoms with Crippen LogP contribution in [0.15, 0.2) is 35.3 Å². The zero-order chi connectivity index (χ0) is 15.6. The Morgan fingerprint density at radius 3 is 2.00 bits per heavy atom. The van der Waals surface area contributed by atoms with Crippen LogP contribution in [0.3, 0.4) is 0 Å². The number of rotatable bonds is 3. The largest absolute Gasteiger partial charge is 0.562 e. The molecule has 0 saturated heterocycles. The first-order valence-corrected chi connectivity index (χ1v) is 4.85. The standard InChI is InChI=1S/C10H5F5N2O3/c11-9(12,13)8(10(14,15)17(19)20)16-7(18)6-4-2-1-3-5-6/h1-5H. The van der Waals surface area contributed by atoms with Crippen LogP contribution >= 0.6 is 0 Å². The molecule has 0 atom stereocenters. The van der Waals surface area contributed by atoms with Crippen molar-refractivity contribution in [3.8, 4) is 0 Å². The highest BCUT2D eigenvalue weighted by Crippen LogP contribution is 2.30. The van der Waals surface area contributed by atoms with E-state index in [1.807, 2.05) is 0 Å². The van der Waals surface area contributed by atoms with Gasteiger partial charge >= 0.3 is 12.2 Å². The second-order valence-corrected chi connectivity index (χ2v) is 3.43. The van der Waals surface area contributed by atoms with Crippen molar-refractivity contribution in [3.63, 3.8) is 0 Å². The van der Waals surface area contributed by atoms with Crippen LogP contribution in [0.25, 0.3) is 0 Å². The van der Waals surface area contributed by atoms with E-state index in [1.54, 1.807) is 0 Å². The summed E-state index contributed by atoms with van der Waals surface area (Å²) in [7, 11) is 0. The van der Waals surface area contributed by atoms with E-state index in [-0.39, 0.29) is 0 Å². The van der Waals surface area contributed by atoms with Crippen molar-refractivity contribution < 1.29 is 31.7 Å². The number of benzene rings is 1. The van der Waals surface area contributed by atoms with Gasteiger partial charge < -0.3 is 0 Å². The lowest BCUT2D eigenvalue weighted by molar-refractivity contribution is -0.618. The Balaban J connectivity index is 3.30. The van der Waals surface area contributed by atoms with Crippen LogP contribution in [-0.2, 0) is 0 Å². The maximum Gasteiger partial charge on any atom is 0.562 e. The molecule has 0 aromatic heterocycles. The Morgan fingerprint density at radius 1 is 1.10 bits per heavy atom. The second-order valence-electron chi connectivity index (χ2n) is 3.43. The lowest BCUT2D eigenvalue weighted by atomic mass is 10.2. The van der Waals surface area contributed by atoms with Crippen molar-refractivity contribution in [2.45, 2.75) is 12.2 Å². The summed E-state index contributed by atoms with van der Waals surface area (Å²) in [6.45, 7) is 0. The van der Waals surface area contributed by atoms with E-state index < -0.39 is 34.3 Å². The van der Waals surface area contributed by atoms with E-state index >= 15 is 0 Å². The smallest absolute Gasteiger partial charge is 0.267 e. The molecular weight excluding hydrogens is 291 g/mol. The van der Waals surface area contributed by atoms with Crippen LogP contribution in [0.4, 0.5) is 22.0 Å². The van der Waals surface area contributed by atoms with Crippen LogP contribution < -0.4 is 0 Å². The number of halogens is 5. The van der Waals surface area contributed by atoms with Gasteiger partial charge in [0.1, 0.15) is 4.92 Å². The molecule has 0 spiro atoms. The number of hydrogen-bond acceptors (Lipinski definition) is 3. The van der Waals surface area contributed by atoms with Crippen molar-refractivity contribution in [1.82, 2.24) is 0 Å². The van der Waals surface area contributed by atoms with E-state index in [0.717, 1.165) is 12.1 Å². The van der Waals surface area contributed by atoms with E-state index in [0.29, 0.717) is 0 Å². The predicted molar refractivity (Wildman–Crippen MR) is 56.2 cm³/mol. The Morgan fingerprint density at radius 2 is 1.60 bits per heavy atom. The van der Waals surface area contributed by atoms with Gasteiger partial charge in [0, 0.05) is 5.56 Å². The van der Waals surface area contributed by atoms with E-state index in [4.69, 9.17) is 0 Å². The van der Waals surface area contributed by atoms with Gasteiger partial charge in [-0.2, -0.15) is 18.2 Å². The molecule has 0 radical (unpaired) electrons. The number of carbonyl (C=O) groups is 1. The molecule has 5 nitrogen and oxygen atoms in total. The van der Waals surface area contributed by atoms with Gasteiger partial charge in [-0.25, -0.2) is 0 Å². The van der Waals surface area contributed by atoms with Gasteiger partial charge in [0.2, 0.25) is 0 Å². The van der Waals surface area contributed by atoms with Crippen molar-refractivity contribution in [1.29, 1.82) is 0 Å². The summed E-state index contributed by atoms with van der Waals surface area (Å²) in [4.78, 5) is 21.0. The number of nitrogens with zero attached hydrogens (tertiary/aromatic N) is 2. The fourth-order valence-electron chi connectivity index (χ4n) is 1.13. The molecule has 0 fully saturated rings. The first kappa shape index (κ1) is 15.7. The molecule has 0 bridgehead atoms. The average molecular weight is 296 g/mol. The minimum Gasteiger partial charge on any atom is -0.267 e.